The van der Waals surface area contributed by atoms with Gasteiger partial charge in [-0.05, 0) is 62.1 Å². The third-order valence-corrected chi connectivity index (χ3v) is 7.70. The highest BCUT2D eigenvalue weighted by molar-refractivity contribution is 6.02. The quantitative estimate of drug-likeness (QED) is 0.267. The molecule has 1 aromatic heterocycles. The lowest BCUT2D eigenvalue weighted by atomic mass is 9.95. The summed E-state index contributed by atoms with van der Waals surface area (Å²) in [7, 11) is 2.15. The maximum Gasteiger partial charge on any atom is 0.274 e. The molecule has 41 heavy (non-hydrogen) atoms. The summed E-state index contributed by atoms with van der Waals surface area (Å²) in [5, 5.41) is 28.5. The number of nitrogens with one attached hydrogen (secondary N) is 1. The van der Waals surface area contributed by atoms with Crippen molar-refractivity contribution in [2.75, 3.05) is 39.8 Å². The summed E-state index contributed by atoms with van der Waals surface area (Å²) in [5.41, 5.74) is 5.99. The Morgan fingerprint density at radius 2 is 1.71 bits per heavy atom. The average Bonchev–Trinajstić information content (AvgIpc) is 3.39. The highest BCUT2D eigenvalue weighted by Crippen LogP contribution is 2.42. The van der Waals surface area contributed by atoms with E-state index in [1.165, 1.54) is 17.2 Å². The zero-order valence-corrected chi connectivity index (χ0v) is 24.0. The highest BCUT2D eigenvalue weighted by Gasteiger charge is 2.27. The van der Waals surface area contributed by atoms with E-state index in [0.717, 1.165) is 50.3 Å². The molecule has 8 heteroatoms. The molecule has 1 fully saturated rings. The minimum Gasteiger partial charge on any atom is -0.508 e. The third-order valence-electron chi connectivity index (χ3n) is 7.70. The van der Waals surface area contributed by atoms with Crippen molar-refractivity contribution >= 4 is 5.91 Å². The lowest BCUT2D eigenvalue weighted by Gasteiger charge is -2.32. The van der Waals surface area contributed by atoms with Crippen LogP contribution in [0.5, 0.6) is 11.5 Å². The number of rotatable bonds is 9. The van der Waals surface area contributed by atoms with Gasteiger partial charge in [-0.1, -0.05) is 59.3 Å². The zero-order valence-electron chi connectivity index (χ0n) is 24.0. The van der Waals surface area contributed by atoms with Crippen LogP contribution in [-0.4, -0.2) is 70.8 Å². The topological polar surface area (TPSA) is 102 Å². The van der Waals surface area contributed by atoms with E-state index in [2.05, 4.69) is 64.6 Å². The van der Waals surface area contributed by atoms with Crippen LogP contribution in [0.2, 0.25) is 0 Å². The van der Waals surface area contributed by atoms with Gasteiger partial charge in [0.05, 0.1) is 11.1 Å². The van der Waals surface area contributed by atoms with Gasteiger partial charge in [-0.25, -0.2) is 0 Å². The molecule has 0 saturated carbocycles. The fourth-order valence-electron chi connectivity index (χ4n) is 5.33. The van der Waals surface area contributed by atoms with Gasteiger partial charge in [0.25, 0.3) is 5.91 Å². The van der Waals surface area contributed by atoms with Gasteiger partial charge in [0, 0.05) is 45.3 Å². The molecule has 0 bridgehead atoms. The Morgan fingerprint density at radius 1 is 0.951 bits per heavy atom. The van der Waals surface area contributed by atoms with Crippen molar-refractivity contribution in [2.24, 2.45) is 0 Å². The Kier molecular flexibility index (Phi) is 8.71. The van der Waals surface area contributed by atoms with E-state index in [-0.39, 0.29) is 28.9 Å². The van der Waals surface area contributed by atoms with Crippen LogP contribution >= 0.6 is 0 Å². The van der Waals surface area contributed by atoms with Crippen molar-refractivity contribution in [1.82, 2.24) is 20.3 Å². The maximum atomic E-state index is 13.0. The number of aromatic nitrogens is 1. The van der Waals surface area contributed by atoms with Crippen LogP contribution in [0.25, 0.3) is 22.5 Å². The minimum atomic E-state index is -0.350. The summed E-state index contributed by atoms with van der Waals surface area (Å²) in [4.78, 5) is 17.8. The van der Waals surface area contributed by atoms with Crippen molar-refractivity contribution in [2.45, 2.75) is 33.2 Å². The molecule has 1 saturated heterocycles. The average molecular weight is 555 g/mol. The van der Waals surface area contributed by atoms with E-state index >= 15 is 0 Å². The fourth-order valence-corrected chi connectivity index (χ4v) is 5.33. The molecule has 5 rings (SSSR count). The monoisotopic (exact) mass is 554 g/mol. The molecular weight excluding hydrogens is 516 g/mol. The van der Waals surface area contributed by atoms with Gasteiger partial charge in [-0.2, -0.15) is 0 Å². The van der Waals surface area contributed by atoms with Gasteiger partial charge in [0.15, 0.2) is 11.5 Å². The van der Waals surface area contributed by atoms with E-state index in [0.29, 0.717) is 29.7 Å². The molecule has 0 unspecified atom stereocenters. The summed E-state index contributed by atoms with van der Waals surface area (Å²) < 4.78 is 5.75. The molecule has 3 N–H and O–H groups in total. The van der Waals surface area contributed by atoms with Crippen LogP contribution in [0.15, 0.2) is 65.2 Å². The summed E-state index contributed by atoms with van der Waals surface area (Å²) in [6.07, 6.45) is 1.29. The molecule has 1 aliphatic rings. The molecule has 0 aliphatic carbocycles. The number of hydrogen-bond acceptors (Lipinski definition) is 7. The number of likely N-dealkylation sites (N-methyl/N-ethyl adjacent to an activating group) is 1. The molecule has 0 radical (unpaired) electrons. The first-order valence-electron chi connectivity index (χ1n) is 14.2. The van der Waals surface area contributed by atoms with Gasteiger partial charge in [-0.15, -0.1) is 0 Å². The van der Waals surface area contributed by atoms with E-state index in [1.54, 1.807) is 6.07 Å². The summed E-state index contributed by atoms with van der Waals surface area (Å²) in [6, 6.07) is 19.4. The normalized spacial score (nSPS) is 14.3. The molecule has 0 atom stereocenters. The molecule has 0 spiro atoms. The first-order chi connectivity index (χ1) is 19.8. The fraction of sp³-hybridized carbons (Fsp3) is 0.333. The predicted octanol–water partition coefficient (Wildman–Crippen LogP) is 5.01. The second-order valence-electron chi connectivity index (χ2n) is 10.9. The van der Waals surface area contributed by atoms with Crippen molar-refractivity contribution in [3.63, 3.8) is 0 Å². The van der Waals surface area contributed by atoms with E-state index in [9.17, 15) is 15.0 Å². The van der Waals surface area contributed by atoms with Crippen LogP contribution in [0.3, 0.4) is 0 Å². The van der Waals surface area contributed by atoms with E-state index < -0.39 is 0 Å². The minimum absolute atomic E-state index is 0.0113. The Balaban J connectivity index is 1.47. The molecule has 3 aromatic carbocycles. The zero-order chi connectivity index (χ0) is 28.9. The smallest absolute Gasteiger partial charge is 0.274 e. The number of nitrogens with zero attached hydrogens (tertiary/aromatic N) is 3. The van der Waals surface area contributed by atoms with Crippen LogP contribution < -0.4 is 5.32 Å². The molecule has 8 nitrogen and oxygen atoms in total. The summed E-state index contributed by atoms with van der Waals surface area (Å²) in [5.74, 6) is -0.199. The molecule has 4 aromatic rings. The van der Waals surface area contributed by atoms with E-state index in [4.69, 9.17) is 4.52 Å². The second-order valence-corrected chi connectivity index (χ2v) is 10.9. The molecular formula is C33H38N4O4. The summed E-state index contributed by atoms with van der Waals surface area (Å²) in [6.45, 7) is 9.37. The molecule has 1 amide bonds. The number of aryl methyl sites for hydroxylation is 3. The van der Waals surface area contributed by atoms with Crippen LogP contribution in [0, 0.1) is 6.92 Å². The Labute approximate surface area is 241 Å². The van der Waals surface area contributed by atoms with Gasteiger partial charge in [0.1, 0.15) is 11.5 Å². The molecule has 214 valence electrons. The van der Waals surface area contributed by atoms with E-state index in [1.807, 2.05) is 25.1 Å². The number of amides is 1. The SMILES string of the molecule is CCNC(=O)c1noc(-c2cc(CCc3cccc(C)c3)c(O)cc2O)c1-c1ccc(CN2CCN(C)CC2)cc1. The number of benzene rings is 3. The Hall–Kier alpha value is -4.14. The predicted molar refractivity (Wildman–Crippen MR) is 160 cm³/mol. The Morgan fingerprint density at radius 3 is 2.41 bits per heavy atom. The molecule has 2 heterocycles. The number of hydrogen-bond donors (Lipinski definition) is 3. The van der Waals surface area contributed by atoms with Crippen molar-refractivity contribution in [1.29, 1.82) is 0 Å². The first kappa shape index (κ1) is 28.4. The van der Waals surface area contributed by atoms with Gasteiger partial charge in [-0.3, -0.25) is 9.69 Å². The number of aromatic hydroxyl groups is 2. The van der Waals surface area contributed by atoms with Crippen LogP contribution in [0.1, 0.15) is 39.7 Å². The third kappa shape index (κ3) is 6.61. The number of carbonyl (C=O) groups is 1. The number of phenolic OH excluding ortho intramolecular Hbond substituents is 2. The number of phenols is 2. The number of piperazine rings is 1. The van der Waals surface area contributed by atoms with Crippen molar-refractivity contribution < 1.29 is 19.5 Å². The van der Waals surface area contributed by atoms with Gasteiger partial charge in [0.2, 0.25) is 0 Å². The first-order valence-corrected chi connectivity index (χ1v) is 14.2. The maximum absolute atomic E-state index is 13.0. The number of carbonyl (C=O) groups excluding carboxylic acids is 1. The van der Waals surface area contributed by atoms with Gasteiger partial charge < -0.3 is 25.0 Å². The van der Waals surface area contributed by atoms with Crippen LogP contribution in [-0.2, 0) is 19.4 Å². The lowest BCUT2D eigenvalue weighted by Crippen LogP contribution is -2.43. The van der Waals surface area contributed by atoms with Crippen molar-refractivity contribution in [3.05, 3.63) is 88.6 Å². The van der Waals surface area contributed by atoms with Crippen LogP contribution in [0.4, 0.5) is 0 Å². The highest BCUT2D eigenvalue weighted by atomic mass is 16.5. The standard InChI is InChI=1S/C33H38N4O4/c1-4-34-33(40)31-30(25-11-9-24(10-12-25)21-37-16-14-36(3)15-17-37)32(41-35-31)27-19-26(28(38)20-29(27)39)13-8-23-7-5-6-22(2)18-23/h5-7,9-12,18-20,38-39H,4,8,13-17,21H2,1-3H3,(H,34,40). The lowest BCUT2D eigenvalue weighted by molar-refractivity contribution is 0.0947. The second kappa shape index (κ2) is 12.6. The molecule has 1 aliphatic heterocycles. The largest absolute Gasteiger partial charge is 0.508 e. The Bertz CT molecular complexity index is 1500. The summed E-state index contributed by atoms with van der Waals surface area (Å²) >= 11 is 0. The van der Waals surface area contributed by atoms with Crippen molar-refractivity contribution in [3.8, 4) is 33.9 Å². The van der Waals surface area contributed by atoms with Gasteiger partial charge >= 0.3 is 0 Å².